The molecule has 5 heteroatoms. The molecular formula is C22H23N3O2. The molecule has 0 spiro atoms. The maximum Gasteiger partial charge on any atom is 0.257 e. The van der Waals surface area contributed by atoms with E-state index in [1.54, 1.807) is 31.6 Å². The molecule has 0 aliphatic carbocycles. The van der Waals surface area contributed by atoms with E-state index in [9.17, 15) is 4.79 Å². The summed E-state index contributed by atoms with van der Waals surface area (Å²) in [5.41, 5.74) is 5.37. The van der Waals surface area contributed by atoms with Gasteiger partial charge in [-0.2, -0.15) is 0 Å². The molecule has 0 saturated carbocycles. The third-order valence-electron chi connectivity index (χ3n) is 4.34. The van der Waals surface area contributed by atoms with Crippen molar-refractivity contribution in [3.8, 4) is 5.75 Å². The van der Waals surface area contributed by atoms with Gasteiger partial charge in [-0.05, 0) is 42.7 Å². The van der Waals surface area contributed by atoms with Crippen molar-refractivity contribution < 1.29 is 9.53 Å². The standard InChI is InChI=1S/C22H23N3O2/c1-4-16-8-5-7-15(2)21(16)24-19-11-17(13-23-14-19)22(26)25-18-9-6-10-20(12-18)27-3/h5-14,24H,4H2,1-3H3,(H,25,26). The maximum absolute atomic E-state index is 12.6. The van der Waals surface area contributed by atoms with Gasteiger partial charge in [-0.3, -0.25) is 9.78 Å². The lowest BCUT2D eigenvalue weighted by Crippen LogP contribution is -2.12. The zero-order valence-electron chi connectivity index (χ0n) is 15.7. The number of aryl methyl sites for hydroxylation is 2. The number of pyridine rings is 1. The molecule has 0 fully saturated rings. The van der Waals surface area contributed by atoms with Gasteiger partial charge in [0.25, 0.3) is 5.91 Å². The van der Waals surface area contributed by atoms with Crippen LogP contribution in [0.25, 0.3) is 0 Å². The highest BCUT2D eigenvalue weighted by Crippen LogP contribution is 2.25. The van der Waals surface area contributed by atoms with E-state index in [0.29, 0.717) is 17.0 Å². The molecule has 138 valence electrons. The normalized spacial score (nSPS) is 10.3. The van der Waals surface area contributed by atoms with Gasteiger partial charge in [0.05, 0.1) is 24.6 Å². The van der Waals surface area contributed by atoms with Crippen LogP contribution in [0.5, 0.6) is 5.75 Å². The van der Waals surface area contributed by atoms with Crippen LogP contribution in [0.2, 0.25) is 0 Å². The largest absolute Gasteiger partial charge is 0.497 e. The Kier molecular flexibility index (Phi) is 5.71. The van der Waals surface area contributed by atoms with Crippen LogP contribution in [0.3, 0.4) is 0 Å². The van der Waals surface area contributed by atoms with Gasteiger partial charge in [0.2, 0.25) is 0 Å². The summed E-state index contributed by atoms with van der Waals surface area (Å²) < 4.78 is 5.19. The van der Waals surface area contributed by atoms with Crippen LogP contribution in [-0.4, -0.2) is 18.0 Å². The summed E-state index contributed by atoms with van der Waals surface area (Å²) in [4.78, 5) is 16.8. The van der Waals surface area contributed by atoms with Crippen LogP contribution in [0, 0.1) is 6.92 Å². The number of nitrogens with one attached hydrogen (secondary N) is 2. The number of ether oxygens (including phenoxy) is 1. The number of hydrogen-bond acceptors (Lipinski definition) is 4. The van der Waals surface area contributed by atoms with E-state index in [1.165, 1.54) is 5.56 Å². The van der Waals surface area contributed by atoms with Crippen LogP contribution < -0.4 is 15.4 Å². The van der Waals surface area contributed by atoms with E-state index in [4.69, 9.17) is 4.74 Å². The van der Waals surface area contributed by atoms with Crippen molar-refractivity contribution in [2.24, 2.45) is 0 Å². The Hall–Kier alpha value is -3.34. The summed E-state index contributed by atoms with van der Waals surface area (Å²) >= 11 is 0. The molecule has 0 saturated heterocycles. The number of rotatable bonds is 6. The number of hydrogen-bond donors (Lipinski definition) is 2. The van der Waals surface area contributed by atoms with Gasteiger partial charge in [0, 0.05) is 23.6 Å². The zero-order chi connectivity index (χ0) is 19.2. The summed E-state index contributed by atoms with van der Waals surface area (Å²) in [5, 5.41) is 6.28. The monoisotopic (exact) mass is 361 g/mol. The highest BCUT2D eigenvalue weighted by Gasteiger charge is 2.10. The second-order valence-electron chi connectivity index (χ2n) is 6.24. The number of para-hydroxylation sites is 1. The molecule has 5 nitrogen and oxygen atoms in total. The minimum Gasteiger partial charge on any atom is -0.497 e. The molecule has 2 N–H and O–H groups in total. The van der Waals surface area contributed by atoms with E-state index in [0.717, 1.165) is 23.4 Å². The lowest BCUT2D eigenvalue weighted by Gasteiger charge is -2.14. The molecule has 0 aliphatic rings. The Labute approximate surface area is 159 Å². The minimum atomic E-state index is -0.222. The Morgan fingerprint density at radius 1 is 1.07 bits per heavy atom. The lowest BCUT2D eigenvalue weighted by atomic mass is 10.1. The second-order valence-corrected chi connectivity index (χ2v) is 6.24. The Morgan fingerprint density at radius 3 is 2.67 bits per heavy atom. The number of carbonyl (C=O) groups excluding carboxylic acids is 1. The lowest BCUT2D eigenvalue weighted by molar-refractivity contribution is 0.102. The first-order valence-corrected chi connectivity index (χ1v) is 8.86. The quantitative estimate of drug-likeness (QED) is 0.651. The van der Waals surface area contributed by atoms with Crippen LogP contribution in [0.15, 0.2) is 60.9 Å². The fraction of sp³-hybridized carbons (Fsp3) is 0.182. The van der Waals surface area contributed by atoms with E-state index in [1.807, 2.05) is 18.2 Å². The molecule has 0 unspecified atom stereocenters. The average Bonchev–Trinajstić information content (AvgIpc) is 2.70. The molecule has 1 aromatic heterocycles. The predicted molar refractivity (Wildman–Crippen MR) is 109 cm³/mol. The molecule has 3 aromatic rings. The first kappa shape index (κ1) is 18.5. The van der Waals surface area contributed by atoms with Gasteiger partial charge in [0.1, 0.15) is 5.75 Å². The highest BCUT2D eigenvalue weighted by molar-refractivity contribution is 6.04. The summed E-state index contributed by atoms with van der Waals surface area (Å²) in [6.07, 6.45) is 4.20. The van der Waals surface area contributed by atoms with E-state index >= 15 is 0 Å². The minimum absolute atomic E-state index is 0.222. The van der Waals surface area contributed by atoms with E-state index in [-0.39, 0.29) is 5.91 Å². The first-order valence-electron chi connectivity index (χ1n) is 8.86. The molecule has 0 radical (unpaired) electrons. The summed E-state index contributed by atoms with van der Waals surface area (Å²) in [6.45, 7) is 4.18. The topological polar surface area (TPSA) is 63.2 Å². The van der Waals surface area contributed by atoms with Gasteiger partial charge >= 0.3 is 0 Å². The van der Waals surface area contributed by atoms with Gasteiger partial charge in [-0.1, -0.05) is 31.2 Å². The van der Waals surface area contributed by atoms with E-state index < -0.39 is 0 Å². The number of methoxy groups -OCH3 is 1. The zero-order valence-corrected chi connectivity index (χ0v) is 15.7. The van der Waals surface area contributed by atoms with Gasteiger partial charge in [0.15, 0.2) is 0 Å². The average molecular weight is 361 g/mol. The molecule has 2 aromatic carbocycles. The third kappa shape index (κ3) is 4.44. The van der Waals surface area contributed by atoms with Crippen LogP contribution in [-0.2, 0) is 6.42 Å². The van der Waals surface area contributed by atoms with Crippen molar-refractivity contribution in [1.82, 2.24) is 4.98 Å². The summed E-state index contributed by atoms with van der Waals surface area (Å²) in [6, 6.07) is 15.3. The number of aromatic nitrogens is 1. The molecule has 0 bridgehead atoms. The van der Waals surface area contributed by atoms with Crippen LogP contribution in [0.4, 0.5) is 17.1 Å². The van der Waals surface area contributed by atoms with Crippen molar-refractivity contribution in [1.29, 1.82) is 0 Å². The van der Waals surface area contributed by atoms with Crippen molar-refractivity contribution >= 4 is 23.0 Å². The van der Waals surface area contributed by atoms with Crippen LogP contribution >= 0.6 is 0 Å². The second kappa shape index (κ2) is 8.36. The van der Waals surface area contributed by atoms with Gasteiger partial charge in [-0.25, -0.2) is 0 Å². The predicted octanol–water partition coefficient (Wildman–Crippen LogP) is 4.96. The number of benzene rings is 2. The SMILES string of the molecule is CCc1cccc(C)c1Nc1cncc(C(=O)Nc2cccc(OC)c2)c1. The fourth-order valence-corrected chi connectivity index (χ4v) is 2.88. The molecule has 27 heavy (non-hydrogen) atoms. The molecule has 3 rings (SSSR count). The highest BCUT2D eigenvalue weighted by atomic mass is 16.5. The van der Waals surface area contributed by atoms with Crippen molar-refractivity contribution in [2.45, 2.75) is 20.3 Å². The van der Waals surface area contributed by atoms with E-state index in [2.05, 4.69) is 47.7 Å². The molecule has 1 heterocycles. The van der Waals surface area contributed by atoms with Crippen molar-refractivity contribution in [3.63, 3.8) is 0 Å². The molecular weight excluding hydrogens is 338 g/mol. The molecule has 1 amide bonds. The van der Waals surface area contributed by atoms with Gasteiger partial charge < -0.3 is 15.4 Å². The third-order valence-corrected chi connectivity index (χ3v) is 4.34. The first-order chi connectivity index (χ1) is 13.1. The van der Waals surface area contributed by atoms with Crippen molar-refractivity contribution in [2.75, 3.05) is 17.7 Å². The smallest absolute Gasteiger partial charge is 0.257 e. The Bertz CT molecular complexity index is 954. The van der Waals surface area contributed by atoms with Crippen LogP contribution in [0.1, 0.15) is 28.4 Å². The summed E-state index contributed by atoms with van der Waals surface area (Å²) in [7, 11) is 1.59. The fourth-order valence-electron chi connectivity index (χ4n) is 2.88. The number of carbonyl (C=O) groups is 1. The Morgan fingerprint density at radius 2 is 1.89 bits per heavy atom. The van der Waals surface area contributed by atoms with Crippen molar-refractivity contribution in [3.05, 3.63) is 77.6 Å². The summed E-state index contributed by atoms with van der Waals surface area (Å²) in [5.74, 6) is 0.466. The molecule has 0 atom stereocenters. The Balaban J connectivity index is 1.80. The maximum atomic E-state index is 12.6. The number of nitrogens with zero attached hydrogens (tertiary/aromatic N) is 1. The van der Waals surface area contributed by atoms with Gasteiger partial charge in [-0.15, -0.1) is 0 Å². The number of amides is 1. The molecule has 0 aliphatic heterocycles. The number of anilines is 3.